The molecule has 1 aromatic carbocycles. The van der Waals surface area contributed by atoms with E-state index < -0.39 is 0 Å². The molecule has 0 unspecified atom stereocenters. The lowest BCUT2D eigenvalue weighted by Gasteiger charge is -2.13. The molecule has 26 heavy (non-hydrogen) atoms. The quantitative estimate of drug-likeness (QED) is 0.827. The standard InChI is InChI=1S/C19H21N3O4/c1-11-16-14(20-21-18(24)12-7-9-13(23)10-8-12)5-4-6-15(16)26-17(11)19(25)22(2)3/h7-10,23H,4-6H2,1-3H3,(H,21,24)/b20-14+. The van der Waals surface area contributed by atoms with Gasteiger partial charge in [-0.25, -0.2) is 5.43 Å². The number of furan rings is 1. The van der Waals surface area contributed by atoms with Gasteiger partial charge in [0.2, 0.25) is 0 Å². The Labute approximate surface area is 151 Å². The molecule has 2 amide bonds. The molecule has 0 saturated heterocycles. The summed E-state index contributed by atoms with van der Waals surface area (Å²) in [6.07, 6.45) is 2.27. The number of aromatic hydroxyl groups is 1. The lowest BCUT2D eigenvalue weighted by atomic mass is 9.93. The summed E-state index contributed by atoms with van der Waals surface area (Å²) in [5.41, 5.74) is 5.21. The van der Waals surface area contributed by atoms with Crippen LogP contribution in [0.1, 0.15) is 50.6 Å². The summed E-state index contributed by atoms with van der Waals surface area (Å²) >= 11 is 0. The first-order valence-corrected chi connectivity index (χ1v) is 8.38. The van der Waals surface area contributed by atoms with Gasteiger partial charge >= 0.3 is 0 Å². The molecular weight excluding hydrogens is 334 g/mol. The monoisotopic (exact) mass is 355 g/mol. The van der Waals surface area contributed by atoms with Crippen LogP contribution >= 0.6 is 0 Å². The van der Waals surface area contributed by atoms with E-state index in [4.69, 9.17) is 4.42 Å². The minimum absolute atomic E-state index is 0.0943. The Morgan fingerprint density at radius 3 is 2.54 bits per heavy atom. The summed E-state index contributed by atoms with van der Waals surface area (Å²) < 4.78 is 5.78. The molecule has 0 atom stereocenters. The van der Waals surface area contributed by atoms with Crippen LogP contribution in [0.2, 0.25) is 0 Å². The van der Waals surface area contributed by atoms with E-state index in [1.54, 1.807) is 14.1 Å². The number of benzene rings is 1. The van der Waals surface area contributed by atoms with Gasteiger partial charge < -0.3 is 14.4 Å². The van der Waals surface area contributed by atoms with E-state index in [0.717, 1.165) is 29.7 Å². The number of phenols is 1. The highest BCUT2D eigenvalue weighted by Crippen LogP contribution is 2.30. The van der Waals surface area contributed by atoms with Crippen molar-refractivity contribution in [2.24, 2.45) is 5.10 Å². The minimum atomic E-state index is -0.365. The molecule has 7 heteroatoms. The van der Waals surface area contributed by atoms with Gasteiger partial charge in [0.25, 0.3) is 11.8 Å². The first-order valence-electron chi connectivity index (χ1n) is 8.38. The number of hydrogen-bond acceptors (Lipinski definition) is 5. The van der Waals surface area contributed by atoms with Crippen LogP contribution in [-0.4, -0.2) is 41.6 Å². The number of nitrogens with zero attached hydrogens (tertiary/aromatic N) is 2. The predicted octanol–water partition coefficient (Wildman–Crippen LogP) is 2.47. The van der Waals surface area contributed by atoms with Crippen LogP contribution in [0.5, 0.6) is 5.75 Å². The van der Waals surface area contributed by atoms with Crippen molar-refractivity contribution in [1.29, 1.82) is 0 Å². The highest BCUT2D eigenvalue weighted by atomic mass is 16.4. The lowest BCUT2D eigenvalue weighted by Crippen LogP contribution is -2.23. The number of nitrogens with one attached hydrogen (secondary N) is 1. The molecule has 0 radical (unpaired) electrons. The third kappa shape index (κ3) is 3.33. The number of hydrazone groups is 1. The van der Waals surface area contributed by atoms with Crippen LogP contribution in [0.25, 0.3) is 0 Å². The van der Waals surface area contributed by atoms with Crippen molar-refractivity contribution in [1.82, 2.24) is 10.3 Å². The predicted molar refractivity (Wildman–Crippen MR) is 96.5 cm³/mol. The molecule has 1 aromatic heterocycles. The van der Waals surface area contributed by atoms with Gasteiger partial charge in [-0.3, -0.25) is 9.59 Å². The Morgan fingerprint density at radius 1 is 1.19 bits per heavy atom. The Balaban J connectivity index is 1.87. The number of carbonyl (C=O) groups excluding carboxylic acids is 2. The number of carbonyl (C=O) groups is 2. The van der Waals surface area contributed by atoms with Crippen LogP contribution < -0.4 is 5.43 Å². The van der Waals surface area contributed by atoms with Crippen molar-refractivity contribution in [3.63, 3.8) is 0 Å². The zero-order valence-electron chi connectivity index (χ0n) is 15.0. The fourth-order valence-corrected chi connectivity index (χ4v) is 2.98. The first-order chi connectivity index (χ1) is 12.4. The van der Waals surface area contributed by atoms with E-state index in [1.807, 2.05) is 6.92 Å². The molecule has 7 nitrogen and oxygen atoms in total. The molecule has 3 rings (SSSR count). The van der Waals surface area contributed by atoms with Gasteiger partial charge in [-0.2, -0.15) is 5.10 Å². The maximum Gasteiger partial charge on any atom is 0.289 e. The average Bonchev–Trinajstić information content (AvgIpc) is 2.97. The number of rotatable bonds is 3. The van der Waals surface area contributed by atoms with Gasteiger partial charge in [0.05, 0.1) is 5.71 Å². The highest BCUT2D eigenvalue weighted by molar-refractivity contribution is 6.07. The van der Waals surface area contributed by atoms with Crippen molar-refractivity contribution < 1.29 is 19.1 Å². The van der Waals surface area contributed by atoms with Crippen LogP contribution in [0.4, 0.5) is 0 Å². The fraction of sp³-hybridized carbons (Fsp3) is 0.316. The Hall–Kier alpha value is -3.09. The van der Waals surface area contributed by atoms with E-state index in [1.165, 1.54) is 29.2 Å². The zero-order valence-corrected chi connectivity index (χ0v) is 15.0. The summed E-state index contributed by atoms with van der Waals surface area (Å²) in [7, 11) is 3.35. The zero-order chi connectivity index (χ0) is 18.8. The maximum absolute atomic E-state index is 12.3. The average molecular weight is 355 g/mol. The van der Waals surface area contributed by atoms with Crippen molar-refractivity contribution in [3.05, 3.63) is 52.5 Å². The summed E-state index contributed by atoms with van der Waals surface area (Å²) in [5.74, 6) is 0.590. The third-order valence-corrected chi connectivity index (χ3v) is 4.35. The van der Waals surface area contributed by atoms with E-state index in [0.29, 0.717) is 23.5 Å². The summed E-state index contributed by atoms with van der Waals surface area (Å²) in [4.78, 5) is 26.0. The van der Waals surface area contributed by atoms with E-state index >= 15 is 0 Å². The van der Waals surface area contributed by atoms with Gasteiger partial charge in [0.1, 0.15) is 11.5 Å². The summed E-state index contributed by atoms with van der Waals surface area (Å²) in [5, 5.41) is 13.6. The smallest absolute Gasteiger partial charge is 0.289 e. The van der Waals surface area contributed by atoms with Gasteiger partial charge in [-0.1, -0.05) is 0 Å². The Kier molecular flexibility index (Phi) is 4.79. The van der Waals surface area contributed by atoms with E-state index in [-0.39, 0.29) is 17.6 Å². The molecule has 2 aromatic rings. The van der Waals surface area contributed by atoms with Crippen molar-refractivity contribution in [3.8, 4) is 5.75 Å². The van der Waals surface area contributed by atoms with Gasteiger partial charge in [0, 0.05) is 37.2 Å². The van der Waals surface area contributed by atoms with Gasteiger partial charge in [-0.15, -0.1) is 0 Å². The molecule has 1 heterocycles. The van der Waals surface area contributed by atoms with Crippen LogP contribution in [0.15, 0.2) is 33.8 Å². The Bertz CT molecular complexity index is 879. The van der Waals surface area contributed by atoms with E-state index in [9.17, 15) is 14.7 Å². The van der Waals surface area contributed by atoms with Crippen LogP contribution in [-0.2, 0) is 6.42 Å². The SMILES string of the molecule is Cc1c(C(=O)N(C)C)oc2c1/C(=N/NC(=O)c1ccc(O)cc1)CCC2. The topological polar surface area (TPSA) is 95.1 Å². The second kappa shape index (κ2) is 7.03. The number of amides is 2. The molecule has 0 saturated carbocycles. The molecule has 0 fully saturated rings. The van der Waals surface area contributed by atoms with Crippen LogP contribution in [0, 0.1) is 6.92 Å². The van der Waals surface area contributed by atoms with Crippen LogP contribution in [0.3, 0.4) is 0 Å². The molecular formula is C19H21N3O4. The largest absolute Gasteiger partial charge is 0.508 e. The normalized spacial score (nSPS) is 14.8. The number of aryl methyl sites for hydroxylation is 1. The molecule has 136 valence electrons. The second-order valence-corrected chi connectivity index (χ2v) is 6.45. The molecule has 0 aliphatic heterocycles. The first kappa shape index (κ1) is 17.7. The second-order valence-electron chi connectivity index (χ2n) is 6.45. The molecule has 1 aliphatic rings. The van der Waals surface area contributed by atoms with Crippen molar-refractivity contribution in [2.45, 2.75) is 26.2 Å². The lowest BCUT2D eigenvalue weighted by molar-refractivity contribution is 0.0793. The fourth-order valence-electron chi connectivity index (χ4n) is 2.98. The Morgan fingerprint density at radius 2 is 1.88 bits per heavy atom. The van der Waals surface area contributed by atoms with Crippen molar-refractivity contribution in [2.75, 3.05) is 14.1 Å². The van der Waals surface area contributed by atoms with Crippen molar-refractivity contribution >= 4 is 17.5 Å². The molecule has 0 bridgehead atoms. The number of phenolic OH excluding ortho intramolecular Hbond substituents is 1. The number of hydrogen-bond donors (Lipinski definition) is 2. The molecule has 2 N–H and O–H groups in total. The third-order valence-electron chi connectivity index (χ3n) is 4.35. The molecule has 1 aliphatic carbocycles. The summed E-state index contributed by atoms with van der Waals surface area (Å²) in [6, 6.07) is 5.93. The number of fused-ring (bicyclic) bond motifs is 1. The van der Waals surface area contributed by atoms with E-state index in [2.05, 4.69) is 10.5 Å². The van der Waals surface area contributed by atoms with Gasteiger partial charge in [-0.05, 0) is 44.0 Å². The highest BCUT2D eigenvalue weighted by Gasteiger charge is 2.28. The molecule has 0 spiro atoms. The van der Waals surface area contributed by atoms with Gasteiger partial charge in [0.15, 0.2) is 5.76 Å². The maximum atomic E-state index is 12.3. The summed E-state index contributed by atoms with van der Waals surface area (Å²) in [6.45, 7) is 1.84. The minimum Gasteiger partial charge on any atom is -0.508 e.